The molecule has 11 heteroatoms. The average Bonchev–Trinajstić information content (AvgIpc) is 2.26. The Morgan fingerprint density at radius 2 is 1.74 bits per heavy atom. The molecular formula is C8H6Cl3NO6S. The van der Waals surface area contributed by atoms with Crippen LogP contribution in [0, 0.1) is 10.1 Å². The fourth-order valence-electron chi connectivity index (χ4n) is 0.904. The van der Waals surface area contributed by atoms with Gasteiger partial charge in [0.05, 0.1) is 4.92 Å². The normalized spacial score (nSPS) is 12.2. The zero-order valence-corrected chi connectivity index (χ0v) is 12.0. The van der Waals surface area contributed by atoms with Gasteiger partial charge in [0, 0.05) is 12.1 Å². The van der Waals surface area contributed by atoms with Crippen molar-refractivity contribution in [3.05, 3.63) is 34.4 Å². The van der Waals surface area contributed by atoms with Gasteiger partial charge in [-0.15, -0.1) is 0 Å². The second-order valence-corrected chi connectivity index (χ2v) is 6.85. The van der Waals surface area contributed by atoms with Crippen molar-refractivity contribution in [1.29, 1.82) is 0 Å². The molecule has 7 nitrogen and oxygen atoms in total. The summed E-state index contributed by atoms with van der Waals surface area (Å²) in [5, 5.41) is 10.4. The van der Waals surface area contributed by atoms with Crippen molar-refractivity contribution in [2.24, 2.45) is 0 Å². The van der Waals surface area contributed by atoms with Crippen molar-refractivity contribution in [2.45, 2.75) is 3.79 Å². The average molecular weight is 351 g/mol. The molecule has 0 bridgehead atoms. The molecule has 0 aliphatic rings. The van der Waals surface area contributed by atoms with Crippen LogP contribution >= 0.6 is 34.8 Å². The molecule has 106 valence electrons. The van der Waals surface area contributed by atoms with Crippen LogP contribution in [0.15, 0.2) is 24.3 Å². The number of nitrogens with zero attached hydrogens (tertiary/aromatic N) is 1. The molecule has 1 rings (SSSR count). The lowest BCUT2D eigenvalue weighted by Crippen LogP contribution is -2.21. The van der Waals surface area contributed by atoms with Gasteiger partial charge in [-0.1, -0.05) is 34.8 Å². The van der Waals surface area contributed by atoms with Crippen LogP contribution in [0.2, 0.25) is 0 Å². The molecule has 1 aromatic rings. The van der Waals surface area contributed by atoms with Crippen LogP contribution in [0.1, 0.15) is 0 Å². The fourth-order valence-corrected chi connectivity index (χ4v) is 1.98. The summed E-state index contributed by atoms with van der Waals surface area (Å²) in [6, 6.07) is 4.32. The molecule has 19 heavy (non-hydrogen) atoms. The third kappa shape index (κ3) is 6.26. The van der Waals surface area contributed by atoms with E-state index in [9.17, 15) is 18.5 Å². The number of rotatable bonds is 5. The van der Waals surface area contributed by atoms with Gasteiger partial charge in [-0.3, -0.25) is 10.1 Å². The summed E-state index contributed by atoms with van der Waals surface area (Å²) in [6.07, 6.45) is 0. The standard InChI is InChI=1S/C8H6Cl3NO6S/c9-8(10,11)5-17-19(15,16)18-7-3-1-6(2-4-7)12(13)14/h1-4H,5H2. The summed E-state index contributed by atoms with van der Waals surface area (Å²) in [4.78, 5) is 9.75. The molecule has 0 saturated heterocycles. The van der Waals surface area contributed by atoms with E-state index in [-0.39, 0.29) is 11.4 Å². The predicted octanol–water partition coefficient (Wildman–Crippen LogP) is 2.61. The van der Waals surface area contributed by atoms with Crippen LogP contribution in [0.3, 0.4) is 0 Å². The van der Waals surface area contributed by atoms with Crippen molar-refractivity contribution in [3.8, 4) is 5.75 Å². The zero-order chi connectivity index (χ0) is 14.7. The minimum atomic E-state index is -4.42. The van der Waals surface area contributed by atoms with Gasteiger partial charge in [-0.05, 0) is 12.1 Å². The summed E-state index contributed by atoms with van der Waals surface area (Å²) in [6.45, 7) is -0.729. The molecule has 1 aromatic carbocycles. The number of benzene rings is 1. The minimum absolute atomic E-state index is 0.171. The first-order valence-corrected chi connectivity index (χ1v) is 6.96. The molecule has 0 aliphatic heterocycles. The third-order valence-corrected chi connectivity index (χ3v) is 2.74. The van der Waals surface area contributed by atoms with Crippen LogP contribution in [0.25, 0.3) is 0 Å². The zero-order valence-electron chi connectivity index (χ0n) is 8.96. The largest absolute Gasteiger partial charge is 0.449 e. The minimum Gasteiger partial charge on any atom is -0.362 e. The number of nitro benzene ring substituents is 1. The van der Waals surface area contributed by atoms with Crippen molar-refractivity contribution >= 4 is 50.9 Å². The number of alkyl halides is 3. The first-order chi connectivity index (χ1) is 8.59. The predicted molar refractivity (Wildman–Crippen MR) is 68.9 cm³/mol. The van der Waals surface area contributed by atoms with Crippen LogP contribution in [0.4, 0.5) is 5.69 Å². The lowest BCUT2D eigenvalue weighted by atomic mass is 10.3. The first kappa shape index (κ1) is 16.3. The molecule has 0 fully saturated rings. The summed E-state index contributed by atoms with van der Waals surface area (Å²) < 4.78 is 29.5. The summed E-state index contributed by atoms with van der Waals surface area (Å²) in [5.41, 5.74) is -0.216. The van der Waals surface area contributed by atoms with Crippen molar-refractivity contribution in [3.63, 3.8) is 0 Å². The van der Waals surface area contributed by atoms with E-state index >= 15 is 0 Å². The highest BCUT2D eigenvalue weighted by atomic mass is 35.6. The van der Waals surface area contributed by atoms with E-state index in [2.05, 4.69) is 8.37 Å². The Hall–Kier alpha value is -0.800. The molecule has 0 unspecified atom stereocenters. The van der Waals surface area contributed by atoms with Crippen molar-refractivity contribution in [1.82, 2.24) is 0 Å². The molecular weight excluding hydrogens is 345 g/mol. The highest BCUT2D eigenvalue weighted by molar-refractivity contribution is 7.82. The third-order valence-electron chi connectivity index (χ3n) is 1.61. The number of non-ortho nitro benzene ring substituents is 1. The monoisotopic (exact) mass is 349 g/mol. The number of hydrogen-bond donors (Lipinski definition) is 0. The summed E-state index contributed by atoms with van der Waals surface area (Å²) in [5.74, 6) is -0.171. The Balaban J connectivity index is 2.70. The van der Waals surface area contributed by atoms with Crippen molar-refractivity contribution in [2.75, 3.05) is 6.61 Å². The first-order valence-electron chi connectivity index (χ1n) is 4.49. The van der Waals surface area contributed by atoms with Gasteiger partial charge in [0.25, 0.3) is 5.69 Å². The van der Waals surface area contributed by atoms with Gasteiger partial charge in [0.1, 0.15) is 12.4 Å². The Bertz CT molecular complexity index is 553. The smallest absolute Gasteiger partial charge is 0.362 e. The van der Waals surface area contributed by atoms with E-state index in [0.717, 1.165) is 24.3 Å². The van der Waals surface area contributed by atoms with Crippen LogP contribution < -0.4 is 4.18 Å². The molecule has 0 heterocycles. The number of nitro groups is 1. The number of hydrogen-bond acceptors (Lipinski definition) is 6. The second kappa shape index (κ2) is 6.10. The van der Waals surface area contributed by atoms with Gasteiger partial charge in [-0.2, -0.15) is 8.42 Å². The molecule has 0 N–H and O–H groups in total. The lowest BCUT2D eigenvalue weighted by Gasteiger charge is -2.11. The highest BCUT2D eigenvalue weighted by Gasteiger charge is 2.25. The molecule has 0 radical (unpaired) electrons. The Labute approximate surface area is 123 Å². The SMILES string of the molecule is O=[N+]([O-])c1ccc(OS(=O)(=O)OCC(Cl)(Cl)Cl)cc1. The Kier molecular flexibility index (Phi) is 5.22. The second-order valence-electron chi connectivity index (χ2n) is 3.12. The summed E-state index contributed by atoms with van der Waals surface area (Å²) in [7, 11) is -4.42. The van der Waals surface area contributed by atoms with E-state index in [0.29, 0.717) is 0 Å². The van der Waals surface area contributed by atoms with Gasteiger partial charge < -0.3 is 4.18 Å². The molecule has 0 saturated carbocycles. The Morgan fingerprint density at radius 3 is 2.16 bits per heavy atom. The van der Waals surface area contributed by atoms with E-state index in [4.69, 9.17) is 34.8 Å². The molecule has 0 spiro atoms. The van der Waals surface area contributed by atoms with Crippen LogP contribution in [0.5, 0.6) is 5.75 Å². The number of halogens is 3. The summed E-state index contributed by atoms with van der Waals surface area (Å²) >= 11 is 15.9. The lowest BCUT2D eigenvalue weighted by molar-refractivity contribution is -0.384. The van der Waals surface area contributed by atoms with Crippen LogP contribution in [-0.4, -0.2) is 23.7 Å². The van der Waals surface area contributed by atoms with Gasteiger partial charge >= 0.3 is 10.4 Å². The molecule has 0 atom stereocenters. The van der Waals surface area contributed by atoms with Gasteiger partial charge in [0.2, 0.25) is 3.79 Å². The Morgan fingerprint density at radius 1 is 1.21 bits per heavy atom. The van der Waals surface area contributed by atoms with Crippen LogP contribution in [-0.2, 0) is 14.6 Å². The molecule has 0 aromatic heterocycles. The fraction of sp³-hybridized carbons (Fsp3) is 0.250. The molecule has 0 amide bonds. The van der Waals surface area contributed by atoms with E-state index < -0.39 is 25.7 Å². The topological polar surface area (TPSA) is 95.7 Å². The van der Waals surface area contributed by atoms with Crippen molar-refractivity contribution < 1.29 is 21.7 Å². The molecule has 0 aliphatic carbocycles. The van der Waals surface area contributed by atoms with Gasteiger partial charge in [0.15, 0.2) is 0 Å². The maximum Gasteiger partial charge on any atom is 0.449 e. The quantitative estimate of drug-likeness (QED) is 0.460. The highest BCUT2D eigenvalue weighted by Crippen LogP contribution is 2.27. The van der Waals surface area contributed by atoms with E-state index in [1.54, 1.807) is 0 Å². The van der Waals surface area contributed by atoms with Gasteiger partial charge in [-0.25, -0.2) is 4.18 Å². The van der Waals surface area contributed by atoms with E-state index in [1.165, 1.54) is 0 Å². The maximum absolute atomic E-state index is 11.3. The maximum atomic E-state index is 11.3. The van der Waals surface area contributed by atoms with E-state index in [1.807, 2.05) is 0 Å².